The third-order valence-corrected chi connectivity index (χ3v) is 5.03. The second-order valence-electron chi connectivity index (χ2n) is 4.69. The van der Waals surface area contributed by atoms with Gasteiger partial charge in [0.05, 0.1) is 6.42 Å². The van der Waals surface area contributed by atoms with Crippen molar-refractivity contribution in [3.63, 3.8) is 0 Å². The monoisotopic (exact) mass is 323 g/mol. The van der Waals surface area contributed by atoms with E-state index < -0.39 is 57.3 Å². The highest BCUT2D eigenvalue weighted by Gasteiger charge is 2.40. The highest BCUT2D eigenvalue weighted by atomic mass is 32.2. The fourth-order valence-electron chi connectivity index (χ4n) is 1.96. The smallest absolute Gasteiger partial charge is 0.304 e. The number of sulfonamides is 1. The molecule has 0 radical (unpaired) electrons. The Labute approximate surface area is 119 Å². The average molecular weight is 323 g/mol. The van der Waals surface area contributed by atoms with Gasteiger partial charge in [-0.3, -0.25) is 4.79 Å². The highest BCUT2D eigenvalue weighted by Crippen LogP contribution is 2.34. The summed E-state index contributed by atoms with van der Waals surface area (Å²) < 4.78 is 65.5. The lowest BCUT2D eigenvalue weighted by atomic mass is 10.3. The van der Waals surface area contributed by atoms with Crippen LogP contribution < -0.4 is 0 Å². The highest BCUT2D eigenvalue weighted by molar-refractivity contribution is 7.89. The minimum absolute atomic E-state index is 0.276. The van der Waals surface area contributed by atoms with E-state index in [4.69, 9.17) is 5.11 Å². The predicted molar refractivity (Wildman–Crippen MR) is 65.5 cm³/mol. The van der Waals surface area contributed by atoms with Gasteiger partial charge in [0, 0.05) is 24.7 Å². The molecule has 0 atom stereocenters. The van der Waals surface area contributed by atoms with Crippen LogP contribution in [0.1, 0.15) is 19.3 Å². The number of benzene rings is 1. The van der Waals surface area contributed by atoms with Crippen LogP contribution in [-0.2, 0) is 14.8 Å². The Morgan fingerprint density at radius 3 is 2.19 bits per heavy atom. The lowest BCUT2D eigenvalue weighted by Gasteiger charge is -2.21. The quantitative estimate of drug-likeness (QED) is 0.865. The van der Waals surface area contributed by atoms with E-state index in [1.807, 2.05) is 0 Å². The van der Waals surface area contributed by atoms with Crippen LogP contribution in [0.5, 0.6) is 0 Å². The van der Waals surface area contributed by atoms with E-state index in [0.29, 0.717) is 12.8 Å². The zero-order valence-corrected chi connectivity index (χ0v) is 11.5. The first-order valence-corrected chi connectivity index (χ1v) is 7.55. The Morgan fingerprint density at radius 2 is 1.76 bits per heavy atom. The number of rotatable bonds is 6. The lowest BCUT2D eigenvalue weighted by Crippen LogP contribution is -2.36. The Bertz CT molecular complexity index is 650. The molecule has 0 saturated heterocycles. The lowest BCUT2D eigenvalue weighted by molar-refractivity contribution is -0.137. The van der Waals surface area contributed by atoms with E-state index in [0.717, 1.165) is 4.31 Å². The van der Waals surface area contributed by atoms with Crippen molar-refractivity contribution in [2.75, 3.05) is 6.54 Å². The van der Waals surface area contributed by atoms with E-state index in [1.54, 1.807) is 0 Å². The maximum Gasteiger partial charge on any atom is 0.304 e. The molecule has 1 aromatic carbocycles. The number of carboxylic acids is 1. The summed E-state index contributed by atoms with van der Waals surface area (Å²) in [4.78, 5) is 9.32. The molecule has 116 valence electrons. The molecule has 0 aromatic heterocycles. The van der Waals surface area contributed by atoms with Crippen LogP contribution in [0.4, 0.5) is 13.2 Å². The van der Waals surface area contributed by atoms with Crippen molar-refractivity contribution in [3.05, 3.63) is 29.6 Å². The van der Waals surface area contributed by atoms with Crippen LogP contribution in [0.3, 0.4) is 0 Å². The van der Waals surface area contributed by atoms with Gasteiger partial charge in [-0.15, -0.1) is 0 Å². The second kappa shape index (κ2) is 5.64. The van der Waals surface area contributed by atoms with Gasteiger partial charge in [-0.25, -0.2) is 21.6 Å². The molecular formula is C12H12F3NO4S. The summed E-state index contributed by atoms with van der Waals surface area (Å²) in [5, 5.41) is 8.63. The van der Waals surface area contributed by atoms with Gasteiger partial charge in [-0.1, -0.05) is 0 Å². The molecule has 0 heterocycles. The molecule has 1 fully saturated rings. The fraction of sp³-hybridized carbons (Fsp3) is 0.417. The molecule has 1 aliphatic carbocycles. The predicted octanol–water partition coefficient (Wildman–Crippen LogP) is 1.73. The molecule has 21 heavy (non-hydrogen) atoms. The first-order valence-electron chi connectivity index (χ1n) is 6.11. The van der Waals surface area contributed by atoms with Crippen molar-refractivity contribution in [2.45, 2.75) is 30.2 Å². The minimum Gasteiger partial charge on any atom is -0.481 e. The molecule has 0 amide bonds. The molecule has 1 aromatic rings. The molecule has 1 saturated carbocycles. The van der Waals surface area contributed by atoms with Crippen LogP contribution in [0.2, 0.25) is 0 Å². The third-order valence-electron chi connectivity index (χ3n) is 3.03. The molecule has 5 nitrogen and oxygen atoms in total. The van der Waals surface area contributed by atoms with Crippen molar-refractivity contribution in [2.24, 2.45) is 0 Å². The molecule has 1 aliphatic rings. The molecule has 0 spiro atoms. The standard InChI is InChI=1S/C12H12F3NO4S/c13-7-5-9(14)12(10(15)6-7)21(19,20)16(8-1-2-8)4-3-11(17)18/h5-6,8H,1-4H2,(H,17,18). The van der Waals surface area contributed by atoms with Gasteiger partial charge in [0.15, 0.2) is 4.90 Å². The summed E-state index contributed by atoms with van der Waals surface area (Å²) in [6.45, 7) is -0.390. The Balaban J connectivity index is 2.41. The van der Waals surface area contributed by atoms with E-state index in [2.05, 4.69) is 0 Å². The van der Waals surface area contributed by atoms with Gasteiger partial charge in [-0.2, -0.15) is 4.31 Å². The van der Waals surface area contributed by atoms with E-state index in [-0.39, 0.29) is 12.1 Å². The van der Waals surface area contributed by atoms with Crippen LogP contribution in [0.25, 0.3) is 0 Å². The van der Waals surface area contributed by atoms with E-state index in [1.165, 1.54) is 0 Å². The van der Waals surface area contributed by atoms with Crippen molar-refractivity contribution in [3.8, 4) is 0 Å². The minimum atomic E-state index is -4.56. The van der Waals surface area contributed by atoms with Crippen molar-refractivity contribution >= 4 is 16.0 Å². The van der Waals surface area contributed by atoms with Gasteiger partial charge >= 0.3 is 5.97 Å². The van der Waals surface area contributed by atoms with Gasteiger partial charge < -0.3 is 5.11 Å². The number of hydrogen-bond donors (Lipinski definition) is 1. The summed E-state index contributed by atoms with van der Waals surface area (Å²) in [6.07, 6.45) is 0.493. The zero-order valence-electron chi connectivity index (χ0n) is 10.7. The topological polar surface area (TPSA) is 74.7 Å². The van der Waals surface area contributed by atoms with Crippen LogP contribution in [0.15, 0.2) is 17.0 Å². The molecule has 0 unspecified atom stereocenters. The Morgan fingerprint density at radius 1 is 1.24 bits per heavy atom. The first kappa shape index (κ1) is 15.8. The number of hydrogen-bond acceptors (Lipinski definition) is 3. The molecule has 0 bridgehead atoms. The van der Waals surface area contributed by atoms with Crippen molar-refractivity contribution in [1.82, 2.24) is 4.31 Å². The van der Waals surface area contributed by atoms with Crippen molar-refractivity contribution < 1.29 is 31.5 Å². The zero-order chi connectivity index (χ0) is 15.8. The number of carbonyl (C=O) groups is 1. The maximum absolute atomic E-state index is 13.6. The fourth-order valence-corrected chi connectivity index (χ4v) is 3.74. The second-order valence-corrected chi connectivity index (χ2v) is 6.52. The molecule has 2 rings (SSSR count). The number of nitrogens with zero attached hydrogens (tertiary/aromatic N) is 1. The summed E-state index contributed by atoms with van der Waals surface area (Å²) >= 11 is 0. The number of carboxylic acid groups (broad SMARTS) is 1. The molecule has 9 heteroatoms. The molecular weight excluding hydrogens is 311 g/mol. The van der Waals surface area contributed by atoms with Crippen LogP contribution >= 0.6 is 0 Å². The molecule has 1 N–H and O–H groups in total. The average Bonchev–Trinajstić information content (AvgIpc) is 3.10. The summed E-state index contributed by atoms with van der Waals surface area (Å²) in [6, 6.07) is 0.0782. The Kier molecular flexibility index (Phi) is 4.24. The van der Waals surface area contributed by atoms with Crippen molar-refractivity contribution in [1.29, 1.82) is 0 Å². The van der Waals surface area contributed by atoms with E-state index in [9.17, 15) is 26.4 Å². The van der Waals surface area contributed by atoms with Gasteiger partial charge in [0.1, 0.15) is 17.5 Å². The van der Waals surface area contributed by atoms with Crippen LogP contribution in [0, 0.1) is 17.5 Å². The van der Waals surface area contributed by atoms with Gasteiger partial charge in [0.2, 0.25) is 10.0 Å². The van der Waals surface area contributed by atoms with Gasteiger partial charge in [-0.05, 0) is 12.8 Å². The van der Waals surface area contributed by atoms with Gasteiger partial charge in [0.25, 0.3) is 0 Å². The summed E-state index contributed by atoms with van der Waals surface area (Å²) in [5.41, 5.74) is 0. The number of aliphatic carboxylic acids is 1. The molecule has 0 aliphatic heterocycles. The SMILES string of the molecule is O=C(O)CCN(C1CC1)S(=O)(=O)c1c(F)cc(F)cc1F. The van der Waals surface area contributed by atoms with Crippen LogP contribution in [-0.4, -0.2) is 36.4 Å². The third kappa shape index (κ3) is 3.35. The normalized spacial score (nSPS) is 15.4. The largest absolute Gasteiger partial charge is 0.481 e. The number of halogens is 3. The maximum atomic E-state index is 13.6. The van der Waals surface area contributed by atoms with E-state index >= 15 is 0 Å². The summed E-state index contributed by atoms with van der Waals surface area (Å²) in [5.74, 6) is -5.52. The summed E-state index contributed by atoms with van der Waals surface area (Å²) in [7, 11) is -4.56. The Hall–Kier alpha value is -1.61. The first-order chi connectivity index (χ1) is 9.73.